The zero-order chi connectivity index (χ0) is 24.4. The van der Waals surface area contributed by atoms with Crippen LogP contribution in [0, 0.1) is 39.9 Å². The topological polar surface area (TPSA) is 80.4 Å². The summed E-state index contributed by atoms with van der Waals surface area (Å²) in [6.45, 7) is 13.3. The van der Waals surface area contributed by atoms with Crippen LogP contribution >= 0.6 is 0 Å². The Balaban J connectivity index is 1.59. The number of carboxylic acid groups (broad SMARTS) is 1. The highest BCUT2D eigenvalue weighted by Crippen LogP contribution is 2.69. The molecule has 184 valence electrons. The normalized spacial score (nSPS) is 43.2. The fraction of sp³-hybridized carbons (Fsp3) is 0.793. The summed E-state index contributed by atoms with van der Waals surface area (Å²) in [4.78, 5) is 23.9. The van der Waals surface area contributed by atoms with Crippen LogP contribution in [-0.2, 0) is 9.59 Å². The minimum atomic E-state index is -0.826. The minimum Gasteiger partial charge on any atom is -0.478 e. The number of nitrogens with two attached hydrogens (primary N) is 1. The zero-order valence-electron chi connectivity index (χ0n) is 21.7. The van der Waals surface area contributed by atoms with Gasteiger partial charge in [-0.2, -0.15) is 0 Å². The highest BCUT2D eigenvalue weighted by Gasteiger charge is 2.65. The lowest BCUT2D eigenvalue weighted by Gasteiger charge is -2.63. The van der Waals surface area contributed by atoms with Crippen molar-refractivity contribution in [2.24, 2.45) is 45.7 Å². The molecule has 4 heteroatoms. The van der Waals surface area contributed by atoms with E-state index in [1.165, 1.54) is 0 Å². The minimum absolute atomic E-state index is 0.0290. The summed E-state index contributed by atoms with van der Waals surface area (Å²) >= 11 is 0. The summed E-state index contributed by atoms with van der Waals surface area (Å²) in [6.07, 6.45) is 13.4. The SMILES string of the molecule is C/C(=C/CCC(C)[C@@H]1CC[C@]2(C)C3=CCC4C(C)(C)C(=O)CC[C@]4(C)C3CC[C@@]12N)C(=O)O. The lowest BCUT2D eigenvalue weighted by Crippen LogP contribution is -2.63. The van der Waals surface area contributed by atoms with E-state index in [9.17, 15) is 9.59 Å². The van der Waals surface area contributed by atoms with Gasteiger partial charge in [0.1, 0.15) is 5.78 Å². The average molecular weight is 456 g/mol. The fourth-order valence-electron chi connectivity index (χ4n) is 8.96. The second kappa shape index (κ2) is 8.07. The predicted octanol–water partition coefficient (Wildman–Crippen LogP) is 6.30. The molecule has 0 aromatic rings. The van der Waals surface area contributed by atoms with Crippen molar-refractivity contribution in [1.29, 1.82) is 0 Å². The monoisotopic (exact) mass is 455 g/mol. The molecule has 3 unspecified atom stereocenters. The van der Waals surface area contributed by atoms with Crippen LogP contribution in [-0.4, -0.2) is 22.4 Å². The number of aliphatic carboxylic acids is 1. The highest BCUT2D eigenvalue weighted by atomic mass is 16.4. The predicted molar refractivity (Wildman–Crippen MR) is 133 cm³/mol. The zero-order valence-corrected chi connectivity index (χ0v) is 21.7. The van der Waals surface area contributed by atoms with Gasteiger partial charge in [0.15, 0.2) is 0 Å². The number of ketones is 1. The van der Waals surface area contributed by atoms with Crippen molar-refractivity contribution >= 4 is 11.8 Å². The molecule has 0 aromatic carbocycles. The van der Waals surface area contributed by atoms with Gasteiger partial charge in [0.25, 0.3) is 0 Å². The number of hydrogen-bond donors (Lipinski definition) is 2. The van der Waals surface area contributed by atoms with Crippen LogP contribution in [0.15, 0.2) is 23.3 Å². The van der Waals surface area contributed by atoms with Gasteiger partial charge in [-0.15, -0.1) is 0 Å². The molecule has 0 heterocycles. The highest BCUT2D eigenvalue weighted by molar-refractivity contribution is 5.86. The molecule has 4 aliphatic rings. The average Bonchev–Trinajstić information content (AvgIpc) is 3.02. The van der Waals surface area contributed by atoms with Crippen molar-refractivity contribution in [2.45, 2.75) is 105 Å². The first-order chi connectivity index (χ1) is 15.3. The van der Waals surface area contributed by atoms with Crippen molar-refractivity contribution in [2.75, 3.05) is 0 Å². The Bertz CT molecular complexity index is 901. The van der Waals surface area contributed by atoms with Crippen molar-refractivity contribution in [3.8, 4) is 0 Å². The Hall–Kier alpha value is -1.42. The number of allylic oxidation sites excluding steroid dienone is 2. The van der Waals surface area contributed by atoms with Gasteiger partial charge < -0.3 is 10.8 Å². The van der Waals surface area contributed by atoms with E-state index in [0.29, 0.717) is 35.0 Å². The molecule has 0 bridgehead atoms. The van der Waals surface area contributed by atoms with Crippen LogP contribution in [0.4, 0.5) is 0 Å². The third kappa shape index (κ3) is 3.49. The third-order valence-corrected chi connectivity index (χ3v) is 11.2. The molecule has 7 atom stereocenters. The number of carbonyl (C=O) groups is 2. The molecule has 0 amide bonds. The van der Waals surface area contributed by atoms with E-state index in [-0.39, 0.29) is 21.8 Å². The number of Topliss-reactive ketones (excluding diaryl/α,β-unsaturated/α-hetero) is 1. The van der Waals surface area contributed by atoms with Gasteiger partial charge in [0, 0.05) is 28.4 Å². The largest absolute Gasteiger partial charge is 0.478 e. The summed E-state index contributed by atoms with van der Waals surface area (Å²) in [6, 6.07) is 0. The second-order valence-electron chi connectivity index (χ2n) is 13.0. The fourth-order valence-corrected chi connectivity index (χ4v) is 8.96. The van der Waals surface area contributed by atoms with Crippen molar-refractivity contribution in [3.05, 3.63) is 23.3 Å². The van der Waals surface area contributed by atoms with Gasteiger partial charge >= 0.3 is 5.97 Å². The molecule has 0 radical (unpaired) electrons. The summed E-state index contributed by atoms with van der Waals surface area (Å²) in [7, 11) is 0. The van der Waals surface area contributed by atoms with Crippen LogP contribution in [0.1, 0.15) is 99.3 Å². The molecule has 0 saturated heterocycles. The summed E-state index contributed by atoms with van der Waals surface area (Å²) in [5.41, 5.74) is 9.25. The Morgan fingerprint density at radius 1 is 1.21 bits per heavy atom. The van der Waals surface area contributed by atoms with Crippen LogP contribution < -0.4 is 5.73 Å². The Morgan fingerprint density at radius 3 is 2.58 bits per heavy atom. The van der Waals surface area contributed by atoms with Crippen LogP contribution in [0.25, 0.3) is 0 Å². The van der Waals surface area contributed by atoms with Gasteiger partial charge in [-0.25, -0.2) is 4.79 Å². The summed E-state index contributed by atoms with van der Waals surface area (Å²) in [5, 5.41) is 9.14. The smallest absolute Gasteiger partial charge is 0.330 e. The quantitative estimate of drug-likeness (QED) is 0.376. The van der Waals surface area contributed by atoms with Crippen molar-refractivity contribution in [1.82, 2.24) is 0 Å². The van der Waals surface area contributed by atoms with Crippen molar-refractivity contribution < 1.29 is 14.7 Å². The Morgan fingerprint density at radius 2 is 1.91 bits per heavy atom. The summed E-state index contributed by atoms with van der Waals surface area (Å²) in [5.74, 6) is 1.53. The third-order valence-electron chi connectivity index (χ3n) is 11.2. The second-order valence-corrected chi connectivity index (χ2v) is 13.0. The first-order valence-corrected chi connectivity index (χ1v) is 13.2. The molecule has 3 fully saturated rings. The molecular formula is C29H45NO3. The molecule has 0 aliphatic heterocycles. The Kier molecular flexibility index (Phi) is 6.04. The lowest BCUT2D eigenvalue weighted by atomic mass is 9.42. The molecule has 4 nitrogen and oxygen atoms in total. The van der Waals surface area contributed by atoms with Crippen LogP contribution in [0.2, 0.25) is 0 Å². The van der Waals surface area contributed by atoms with E-state index >= 15 is 0 Å². The van der Waals surface area contributed by atoms with Gasteiger partial charge in [0.2, 0.25) is 0 Å². The molecular weight excluding hydrogens is 410 g/mol. The van der Waals surface area contributed by atoms with Gasteiger partial charge in [-0.3, -0.25) is 4.79 Å². The molecule has 3 N–H and O–H groups in total. The maximum absolute atomic E-state index is 12.8. The van der Waals surface area contributed by atoms with Crippen LogP contribution in [0.3, 0.4) is 0 Å². The standard InChI is InChI=1S/C29H45NO3/c1-18(8-7-9-19(2)25(32)33)20-12-16-28(6)22-10-11-23-26(3,4)24(31)14-15-27(23,5)21(22)13-17-29(20,28)30/h9-10,18,20-21,23H,7-8,11-17,30H2,1-6H3,(H,32,33)/b19-9-/t18?,20-,21?,23?,27+,28+,29+/m0/s1. The molecule has 4 aliphatic carbocycles. The molecule has 0 aromatic heterocycles. The first kappa shape index (κ1) is 24.7. The summed E-state index contributed by atoms with van der Waals surface area (Å²) < 4.78 is 0. The molecule has 33 heavy (non-hydrogen) atoms. The van der Waals surface area contributed by atoms with Crippen molar-refractivity contribution in [3.63, 3.8) is 0 Å². The number of hydrogen-bond acceptors (Lipinski definition) is 3. The number of fused-ring (bicyclic) bond motifs is 5. The van der Waals surface area contributed by atoms with E-state index in [1.54, 1.807) is 12.5 Å². The van der Waals surface area contributed by atoms with Gasteiger partial charge in [-0.1, -0.05) is 52.3 Å². The maximum Gasteiger partial charge on any atom is 0.330 e. The number of carboxylic acids is 1. The first-order valence-electron chi connectivity index (χ1n) is 13.2. The lowest BCUT2D eigenvalue weighted by molar-refractivity contribution is -0.145. The van der Waals surface area contributed by atoms with E-state index in [1.807, 2.05) is 6.08 Å². The molecule has 4 rings (SSSR count). The van der Waals surface area contributed by atoms with E-state index in [4.69, 9.17) is 10.8 Å². The van der Waals surface area contributed by atoms with Gasteiger partial charge in [0.05, 0.1) is 0 Å². The number of carbonyl (C=O) groups excluding carboxylic acids is 1. The van der Waals surface area contributed by atoms with E-state index in [0.717, 1.165) is 57.8 Å². The van der Waals surface area contributed by atoms with E-state index < -0.39 is 5.97 Å². The maximum atomic E-state index is 12.8. The number of rotatable bonds is 5. The molecule has 0 spiro atoms. The Labute approximate surface area is 200 Å². The van der Waals surface area contributed by atoms with Gasteiger partial charge in [-0.05, 0) is 87.4 Å². The molecule has 3 saturated carbocycles. The van der Waals surface area contributed by atoms with E-state index in [2.05, 4.69) is 40.7 Å². The van der Waals surface area contributed by atoms with Crippen LogP contribution in [0.5, 0.6) is 0 Å².